The topological polar surface area (TPSA) is 74.4 Å². The van der Waals surface area contributed by atoms with Crippen molar-refractivity contribution in [2.75, 3.05) is 14.2 Å². The summed E-state index contributed by atoms with van der Waals surface area (Å²) in [5.74, 6) is -0.359. The maximum Gasteiger partial charge on any atom is 0.310 e. The Morgan fingerprint density at radius 1 is 1.44 bits per heavy atom. The van der Waals surface area contributed by atoms with E-state index in [1.807, 2.05) is 0 Å². The molecule has 7 heteroatoms. The van der Waals surface area contributed by atoms with Crippen LogP contribution in [0, 0.1) is 0 Å². The van der Waals surface area contributed by atoms with Gasteiger partial charge in [-0.15, -0.1) is 0 Å². The standard InChI is InChI=1S/C11H14F2N2O3/c1-17-8-5-15-10(11(12)13)6(7(8)4-14)3-9(16)18-2/h5,11H,3-4,14H2,1-2H3. The van der Waals surface area contributed by atoms with Crippen LogP contribution in [-0.4, -0.2) is 25.2 Å². The molecule has 18 heavy (non-hydrogen) atoms. The number of alkyl halides is 2. The number of esters is 1. The van der Waals surface area contributed by atoms with Crippen LogP contribution in [0.15, 0.2) is 6.20 Å². The lowest BCUT2D eigenvalue weighted by atomic mass is 10.0. The second-order valence-electron chi connectivity index (χ2n) is 3.43. The third-order valence-corrected chi connectivity index (χ3v) is 2.47. The fourth-order valence-electron chi connectivity index (χ4n) is 1.59. The van der Waals surface area contributed by atoms with E-state index in [1.54, 1.807) is 0 Å². The highest BCUT2D eigenvalue weighted by Crippen LogP contribution is 2.29. The summed E-state index contributed by atoms with van der Waals surface area (Å²) < 4.78 is 35.1. The number of nitrogens with zero attached hydrogens (tertiary/aromatic N) is 1. The second kappa shape index (κ2) is 6.25. The van der Waals surface area contributed by atoms with Gasteiger partial charge in [0.05, 0.1) is 26.8 Å². The van der Waals surface area contributed by atoms with Crippen molar-refractivity contribution in [2.24, 2.45) is 5.73 Å². The van der Waals surface area contributed by atoms with Gasteiger partial charge < -0.3 is 15.2 Å². The van der Waals surface area contributed by atoms with E-state index in [2.05, 4.69) is 9.72 Å². The molecule has 0 aliphatic carbocycles. The smallest absolute Gasteiger partial charge is 0.310 e. The van der Waals surface area contributed by atoms with Crippen molar-refractivity contribution in [3.63, 3.8) is 0 Å². The van der Waals surface area contributed by atoms with Crippen molar-refractivity contribution < 1.29 is 23.0 Å². The van der Waals surface area contributed by atoms with Crippen LogP contribution in [-0.2, 0) is 22.5 Å². The summed E-state index contributed by atoms with van der Waals surface area (Å²) in [6.07, 6.45) is -1.93. The van der Waals surface area contributed by atoms with Crippen LogP contribution in [0.1, 0.15) is 23.2 Å². The average molecular weight is 260 g/mol. The molecule has 0 aromatic carbocycles. The number of hydrogen-bond acceptors (Lipinski definition) is 5. The minimum atomic E-state index is -2.79. The van der Waals surface area contributed by atoms with Crippen LogP contribution in [0.4, 0.5) is 8.78 Å². The number of ether oxygens (including phenoxy) is 2. The van der Waals surface area contributed by atoms with E-state index in [0.717, 1.165) is 0 Å². The minimum Gasteiger partial charge on any atom is -0.495 e. The summed E-state index contributed by atoms with van der Waals surface area (Å²) in [6.45, 7) is -0.0300. The summed E-state index contributed by atoms with van der Waals surface area (Å²) in [5.41, 5.74) is 5.45. The Bertz CT molecular complexity index is 439. The molecule has 0 unspecified atom stereocenters. The largest absolute Gasteiger partial charge is 0.495 e. The van der Waals surface area contributed by atoms with Crippen LogP contribution in [0.25, 0.3) is 0 Å². The van der Waals surface area contributed by atoms with Crippen LogP contribution < -0.4 is 10.5 Å². The van der Waals surface area contributed by atoms with E-state index in [4.69, 9.17) is 10.5 Å². The molecule has 0 atom stereocenters. The number of carbonyl (C=O) groups excluding carboxylic acids is 1. The molecule has 0 aliphatic rings. The predicted molar refractivity (Wildman–Crippen MR) is 59.4 cm³/mol. The molecule has 0 spiro atoms. The Hall–Kier alpha value is -1.76. The number of methoxy groups -OCH3 is 2. The number of carbonyl (C=O) groups is 1. The zero-order valence-corrected chi connectivity index (χ0v) is 10.1. The van der Waals surface area contributed by atoms with Crippen LogP contribution in [0.3, 0.4) is 0 Å². The number of rotatable bonds is 5. The Morgan fingerprint density at radius 2 is 2.11 bits per heavy atom. The number of aromatic nitrogens is 1. The molecule has 1 aromatic heterocycles. The molecule has 1 aromatic rings. The SMILES string of the molecule is COC(=O)Cc1c(C(F)F)ncc(OC)c1CN. The molecule has 0 saturated heterocycles. The Kier molecular flexibility index (Phi) is 4.96. The minimum absolute atomic E-state index is 0.0300. The highest BCUT2D eigenvalue weighted by molar-refractivity contribution is 5.73. The first-order valence-corrected chi connectivity index (χ1v) is 5.14. The molecule has 0 radical (unpaired) electrons. The van der Waals surface area contributed by atoms with Gasteiger partial charge in [0.25, 0.3) is 6.43 Å². The van der Waals surface area contributed by atoms with Gasteiger partial charge >= 0.3 is 5.97 Å². The van der Waals surface area contributed by atoms with Crippen molar-refractivity contribution in [2.45, 2.75) is 19.4 Å². The van der Waals surface area contributed by atoms with E-state index < -0.39 is 18.1 Å². The zero-order valence-electron chi connectivity index (χ0n) is 10.1. The van der Waals surface area contributed by atoms with Gasteiger partial charge in [-0.05, 0) is 5.56 Å². The summed E-state index contributed by atoms with van der Waals surface area (Å²) in [6, 6.07) is 0. The first-order valence-electron chi connectivity index (χ1n) is 5.14. The molecule has 1 rings (SSSR count). The monoisotopic (exact) mass is 260 g/mol. The molecule has 0 aliphatic heterocycles. The van der Waals surface area contributed by atoms with Gasteiger partial charge in [0, 0.05) is 12.1 Å². The van der Waals surface area contributed by atoms with E-state index >= 15 is 0 Å². The molecule has 100 valence electrons. The van der Waals surface area contributed by atoms with Crippen molar-refractivity contribution in [3.05, 3.63) is 23.0 Å². The molecular formula is C11H14F2N2O3. The van der Waals surface area contributed by atoms with Crippen LogP contribution >= 0.6 is 0 Å². The summed E-state index contributed by atoms with van der Waals surface area (Å²) >= 11 is 0. The van der Waals surface area contributed by atoms with Gasteiger partial charge in [-0.3, -0.25) is 9.78 Å². The average Bonchev–Trinajstić information content (AvgIpc) is 2.37. The van der Waals surface area contributed by atoms with Gasteiger partial charge in [0.1, 0.15) is 11.4 Å². The lowest BCUT2D eigenvalue weighted by Crippen LogP contribution is -2.14. The normalized spacial score (nSPS) is 10.6. The molecule has 5 nitrogen and oxygen atoms in total. The fourth-order valence-corrected chi connectivity index (χ4v) is 1.59. The third kappa shape index (κ3) is 2.92. The van der Waals surface area contributed by atoms with Gasteiger partial charge in [0.15, 0.2) is 0 Å². The van der Waals surface area contributed by atoms with Gasteiger partial charge in [-0.25, -0.2) is 8.78 Å². The van der Waals surface area contributed by atoms with E-state index in [0.29, 0.717) is 5.56 Å². The summed E-state index contributed by atoms with van der Waals surface area (Å²) in [5, 5.41) is 0. The summed E-state index contributed by atoms with van der Waals surface area (Å²) in [7, 11) is 2.56. The first kappa shape index (κ1) is 14.3. The lowest BCUT2D eigenvalue weighted by Gasteiger charge is -2.15. The second-order valence-corrected chi connectivity index (χ2v) is 3.43. The number of hydrogen-bond donors (Lipinski definition) is 1. The number of pyridine rings is 1. The molecule has 0 amide bonds. The van der Waals surface area contributed by atoms with Gasteiger partial charge in [0.2, 0.25) is 0 Å². The lowest BCUT2D eigenvalue weighted by molar-refractivity contribution is -0.139. The van der Waals surface area contributed by atoms with Crippen molar-refractivity contribution in [1.29, 1.82) is 0 Å². The maximum atomic E-state index is 12.8. The number of halogens is 2. The summed E-state index contributed by atoms with van der Waals surface area (Å²) in [4.78, 5) is 14.9. The molecule has 1 heterocycles. The highest BCUT2D eigenvalue weighted by atomic mass is 19.3. The van der Waals surface area contributed by atoms with Crippen LogP contribution in [0.5, 0.6) is 5.75 Å². The molecular weight excluding hydrogens is 246 g/mol. The zero-order chi connectivity index (χ0) is 13.7. The predicted octanol–water partition coefficient (Wildman–Crippen LogP) is 1.20. The Labute approximate surface area is 103 Å². The number of nitrogens with two attached hydrogens (primary N) is 1. The van der Waals surface area contributed by atoms with Crippen molar-refractivity contribution in [1.82, 2.24) is 4.98 Å². The van der Waals surface area contributed by atoms with Gasteiger partial charge in [-0.1, -0.05) is 0 Å². The third-order valence-electron chi connectivity index (χ3n) is 2.47. The molecule has 0 fully saturated rings. The maximum absolute atomic E-state index is 12.8. The molecule has 2 N–H and O–H groups in total. The molecule has 0 saturated carbocycles. The van der Waals surface area contributed by atoms with Gasteiger partial charge in [-0.2, -0.15) is 0 Å². The van der Waals surface area contributed by atoms with Crippen molar-refractivity contribution >= 4 is 5.97 Å². The van der Waals surface area contributed by atoms with E-state index in [9.17, 15) is 13.6 Å². The Morgan fingerprint density at radius 3 is 2.56 bits per heavy atom. The quantitative estimate of drug-likeness (QED) is 0.805. The fraction of sp³-hybridized carbons (Fsp3) is 0.455. The van der Waals surface area contributed by atoms with E-state index in [-0.39, 0.29) is 24.3 Å². The molecule has 0 bridgehead atoms. The van der Waals surface area contributed by atoms with Crippen molar-refractivity contribution in [3.8, 4) is 5.75 Å². The Balaban J connectivity index is 3.33. The first-order chi connectivity index (χ1) is 8.54. The van der Waals surface area contributed by atoms with Crippen LogP contribution in [0.2, 0.25) is 0 Å². The highest BCUT2D eigenvalue weighted by Gasteiger charge is 2.22. The van der Waals surface area contributed by atoms with E-state index in [1.165, 1.54) is 20.4 Å².